The number of ether oxygens (including phenoxy) is 2. The maximum absolute atomic E-state index is 11.9. The molecule has 2 rings (SSSR count). The fraction of sp³-hybridized carbons (Fsp3) is 0.529. The van der Waals surface area contributed by atoms with Crippen LogP contribution in [0.2, 0.25) is 0 Å². The first-order chi connectivity index (χ1) is 10.8. The van der Waals surface area contributed by atoms with E-state index in [0.717, 1.165) is 5.57 Å². The van der Waals surface area contributed by atoms with E-state index in [1.807, 2.05) is 13.0 Å². The molecule has 0 unspecified atom stereocenters. The van der Waals surface area contributed by atoms with Gasteiger partial charge in [-0.25, -0.2) is 9.68 Å². The van der Waals surface area contributed by atoms with Crippen LogP contribution in [0.25, 0.3) is 0 Å². The predicted molar refractivity (Wildman–Crippen MR) is 82.3 cm³/mol. The van der Waals surface area contributed by atoms with Crippen LogP contribution in [0.4, 0.5) is 0 Å². The summed E-state index contributed by atoms with van der Waals surface area (Å²) < 4.78 is 10.8. The second kappa shape index (κ2) is 7.10. The number of carbonyl (C=O) groups excluding carboxylic acids is 2. The summed E-state index contributed by atoms with van der Waals surface area (Å²) >= 11 is 0. The van der Waals surface area contributed by atoms with Crippen LogP contribution in [0, 0.1) is 5.92 Å². The van der Waals surface area contributed by atoms with E-state index in [9.17, 15) is 9.59 Å². The molecule has 0 aromatic rings. The van der Waals surface area contributed by atoms with E-state index >= 15 is 0 Å². The molecule has 1 aliphatic heterocycles. The first-order valence-electron chi connectivity index (χ1n) is 7.55. The average molecular weight is 322 g/mol. The molecular weight excluding hydrogens is 300 g/mol. The van der Waals surface area contributed by atoms with Crippen LogP contribution in [-0.4, -0.2) is 35.5 Å². The van der Waals surface area contributed by atoms with Gasteiger partial charge in [0.15, 0.2) is 0 Å². The average Bonchev–Trinajstić information content (AvgIpc) is 2.72. The van der Waals surface area contributed by atoms with Crippen LogP contribution in [0.5, 0.6) is 0 Å². The van der Waals surface area contributed by atoms with Crippen molar-refractivity contribution in [3.8, 4) is 0 Å². The van der Waals surface area contributed by atoms with Crippen LogP contribution in [0.1, 0.15) is 33.1 Å². The molecule has 126 valence electrons. The number of hydrogen-bond donors (Lipinski definition) is 1. The lowest BCUT2D eigenvalue weighted by Gasteiger charge is -2.28. The highest BCUT2D eigenvalue weighted by Crippen LogP contribution is 2.37. The van der Waals surface area contributed by atoms with Gasteiger partial charge in [0, 0.05) is 18.9 Å². The molecule has 0 radical (unpaired) electrons. The topological polar surface area (TPSA) is 82.1 Å². The smallest absolute Gasteiger partial charge is 0.334 e. The van der Waals surface area contributed by atoms with Crippen LogP contribution in [0.3, 0.4) is 0 Å². The Kier molecular flexibility index (Phi) is 5.38. The van der Waals surface area contributed by atoms with Crippen molar-refractivity contribution in [3.05, 3.63) is 36.0 Å². The highest BCUT2D eigenvalue weighted by molar-refractivity contribution is 5.91. The summed E-state index contributed by atoms with van der Waals surface area (Å²) in [5.74, 6) is -1.41. The van der Waals surface area contributed by atoms with E-state index in [1.54, 1.807) is 0 Å². The highest BCUT2D eigenvalue weighted by atomic mass is 17.1. The van der Waals surface area contributed by atoms with Crippen molar-refractivity contribution in [2.24, 2.45) is 5.92 Å². The summed E-state index contributed by atoms with van der Waals surface area (Å²) in [6.07, 6.45) is 1.61. The van der Waals surface area contributed by atoms with Crippen LogP contribution in [0.15, 0.2) is 36.0 Å². The quantitative estimate of drug-likeness (QED) is 0.277. The van der Waals surface area contributed by atoms with Crippen LogP contribution >= 0.6 is 0 Å². The molecular formula is C17H22O6. The van der Waals surface area contributed by atoms with E-state index in [1.165, 1.54) is 6.92 Å². The van der Waals surface area contributed by atoms with E-state index in [2.05, 4.69) is 18.0 Å². The van der Waals surface area contributed by atoms with Gasteiger partial charge in [-0.15, -0.1) is 0 Å². The van der Waals surface area contributed by atoms with Crippen LogP contribution < -0.4 is 0 Å². The molecule has 4 atom stereocenters. The lowest BCUT2D eigenvalue weighted by molar-refractivity contribution is -0.270. The minimum absolute atomic E-state index is 0.278. The van der Waals surface area contributed by atoms with Crippen molar-refractivity contribution in [2.75, 3.05) is 0 Å². The number of rotatable bonds is 2. The second-order valence-corrected chi connectivity index (χ2v) is 6.08. The van der Waals surface area contributed by atoms with E-state index < -0.39 is 36.2 Å². The maximum atomic E-state index is 11.9. The fourth-order valence-corrected chi connectivity index (χ4v) is 3.07. The van der Waals surface area contributed by atoms with Gasteiger partial charge in [-0.2, -0.15) is 0 Å². The Morgan fingerprint density at radius 1 is 1.43 bits per heavy atom. The molecule has 0 aromatic carbocycles. The summed E-state index contributed by atoms with van der Waals surface area (Å²) in [7, 11) is 0. The van der Waals surface area contributed by atoms with Crippen molar-refractivity contribution in [2.45, 2.75) is 51.4 Å². The Morgan fingerprint density at radius 3 is 2.74 bits per heavy atom. The van der Waals surface area contributed by atoms with Crippen molar-refractivity contribution < 1.29 is 29.2 Å². The van der Waals surface area contributed by atoms with Gasteiger partial charge in [0.1, 0.15) is 18.3 Å². The number of esters is 2. The molecule has 23 heavy (non-hydrogen) atoms. The number of hydrogen-bond acceptors (Lipinski definition) is 6. The van der Waals surface area contributed by atoms with Crippen molar-refractivity contribution in [1.82, 2.24) is 0 Å². The maximum Gasteiger partial charge on any atom is 0.334 e. The summed E-state index contributed by atoms with van der Waals surface area (Å²) in [5, 5.41) is 9.07. The van der Waals surface area contributed by atoms with Gasteiger partial charge >= 0.3 is 11.9 Å². The molecule has 1 fully saturated rings. The van der Waals surface area contributed by atoms with Crippen molar-refractivity contribution >= 4 is 11.9 Å². The van der Waals surface area contributed by atoms with Crippen LogP contribution in [-0.2, 0) is 24.0 Å². The lowest BCUT2D eigenvalue weighted by Crippen LogP contribution is -2.33. The standard InChI is InChI=1S/C17H22O6/c1-9-5-6-13(23-20)10(2)8-15-16(11(3)17(19)22-15)14(7-9)21-12(4)18/h7,13-16,20H,2-3,5-6,8H2,1,4H3/b9-7+/t13-,14+,15-,16-/m0/s1. The molecule has 0 spiro atoms. The van der Waals surface area contributed by atoms with Crippen molar-refractivity contribution in [3.63, 3.8) is 0 Å². The zero-order chi connectivity index (χ0) is 17.1. The zero-order valence-corrected chi connectivity index (χ0v) is 13.4. The Labute approximate surface area is 135 Å². The minimum Gasteiger partial charge on any atom is -0.458 e. The zero-order valence-electron chi connectivity index (χ0n) is 13.4. The van der Waals surface area contributed by atoms with Crippen molar-refractivity contribution in [1.29, 1.82) is 0 Å². The molecule has 2 aliphatic rings. The Morgan fingerprint density at radius 2 is 2.13 bits per heavy atom. The van der Waals surface area contributed by atoms with Gasteiger partial charge in [0.25, 0.3) is 0 Å². The molecule has 1 N–H and O–H groups in total. The first kappa shape index (κ1) is 17.4. The normalized spacial score (nSPS) is 34.2. The van der Waals surface area contributed by atoms with Gasteiger partial charge in [0.2, 0.25) is 0 Å². The minimum atomic E-state index is -0.615. The highest BCUT2D eigenvalue weighted by Gasteiger charge is 2.45. The number of fused-ring (bicyclic) bond motifs is 1. The summed E-state index contributed by atoms with van der Waals surface area (Å²) in [6.45, 7) is 10.9. The molecule has 0 bridgehead atoms. The number of carbonyl (C=O) groups is 2. The Hall–Kier alpha value is -1.92. The van der Waals surface area contributed by atoms with Gasteiger partial charge in [-0.1, -0.05) is 18.7 Å². The molecule has 1 saturated heterocycles. The molecule has 6 nitrogen and oxygen atoms in total. The monoisotopic (exact) mass is 322 g/mol. The fourth-order valence-electron chi connectivity index (χ4n) is 3.07. The van der Waals surface area contributed by atoms with E-state index in [4.69, 9.17) is 14.7 Å². The predicted octanol–water partition coefficient (Wildman–Crippen LogP) is 2.56. The third-order valence-electron chi connectivity index (χ3n) is 4.28. The van der Waals surface area contributed by atoms with Gasteiger partial charge in [-0.05, 0) is 31.4 Å². The molecule has 6 heteroatoms. The Balaban J connectivity index is 2.40. The molecule has 1 aliphatic carbocycles. The third kappa shape index (κ3) is 3.89. The lowest BCUT2D eigenvalue weighted by atomic mass is 9.84. The SMILES string of the molecule is C=C1C(=O)O[C@H]2CC(=C)[C@@H](OO)CC/C(C)=C/[C@@H](OC(C)=O)[C@H]12. The molecule has 0 aromatic heterocycles. The largest absolute Gasteiger partial charge is 0.458 e. The summed E-state index contributed by atoms with van der Waals surface area (Å²) in [6, 6.07) is 0. The van der Waals surface area contributed by atoms with Gasteiger partial charge < -0.3 is 9.47 Å². The summed E-state index contributed by atoms with van der Waals surface area (Å²) in [5.41, 5.74) is 1.86. The molecule has 0 saturated carbocycles. The number of allylic oxidation sites excluding steroid dienone is 1. The first-order valence-corrected chi connectivity index (χ1v) is 7.55. The van der Waals surface area contributed by atoms with E-state index in [-0.39, 0.29) is 5.57 Å². The molecule has 0 amide bonds. The van der Waals surface area contributed by atoms with Gasteiger partial charge in [0.05, 0.1) is 5.92 Å². The molecule has 1 heterocycles. The van der Waals surface area contributed by atoms with Gasteiger partial charge in [-0.3, -0.25) is 10.1 Å². The third-order valence-corrected chi connectivity index (χ3v) is 4.28. The summed E-state index contributed by atoms with van der Waals surface area (Å²) in [4.78, 5) is 27.8. The second-order valence-electron chi connectivity index (χ2n) is 6.08. The Bertz CT molecular complexity index is 561. The van der Waals surface area contributed by atoms with E-state index in [0.29, 0.717) is 24.8 Å².